The molecule has 0 aliphatic heterocycles. The molecule has 1 aromatic rings. The van der Waals surface area contributed by atoms with Crippen LogP contribution in [0.15, 0.2) is 18.2 Å². The van der Waals surface area contributed by atoms with Gasteiger partial charge in [-0.2, -0.15) is 0 Å². The Morgan fingerprint density at radius 2 is 2.21 bits per heavy atom. The number of hydrogen-bond acceptors (Lipinski definition) is 3. The van der Waals surface area contributed by atoms with E-state index in [1.165, 1.54) is 12.1 Å². The Morgan fingerprint density at radius 1 is 1.57 bits per heavy atom. The molecule has 0 saturated heterocycles. The number of hydrogen-bond donors (Lipinski definition) is 3. The van der Waals surface area contributed by atoms with Gasteiger partial charge in [-0.3, -0.25) is 0 Å². The average Bonchev–Trinajstić information content (AvgIpc) is 2.17. The second kappa shape index (κ2) is 4.17. The second-order valence-corrected chi connectivity index (χ2v) is 2.88. The minimum absolute atomic E-state index is 0.00491. The molecule has 0 fully saturated rings. The minimum Gasteiger partial charge on any atom is -0.478 e. The van der Waals surface area contributed by atoms with Gasteiger partial charge in [0, 0.05) is 18.2 Å². The van der Waals surface area contributed by atoms with E-state index in [2.05, 4.69) is 0 Å². The molecule has 0 aliphatic carbocycles. The maximum atomic E-state index is 13.1. The summed E-state index contributed by atoms with van der Waals surface area (Å²) in [6, 6.07) is 2.79. The number of carboxylic acids is 1. The highest BCUT2D eigenvalue weighted by Crippen LogP contribution is 2.16. The second-order valence-electron chi connectivity index (χ2n) is 2.88. The van der Waals surface area contributed by atoms with Gasteiger partial charge in [0.15, 0.2) is 0 Å². The Kier molecular flexibility index (Phi) is 3.16. The molecule has 76 valence electrons. The maximum absolute atomic E-state index is 13.1. The molecule has 0 aliphatic rings. The molecule has 0 unspecified atom stereocenters. The van der Waals surface area contributed by atoms with Gasteiger partial charge in [0.25, 0.3) is 0 Å². The van der Waals surface area contributed by atoms with Crippen molar-refractivity contribution >= 4 is 5.97 Å². The van der Waals surface area contributed by atoms with Gasteiger partial charge in [0.2, 0.25) is 0 Å². The molecule has 4 nitrogen and oxygen atoms in total. The Hall–Kier alpha value is -1.46. The molecule has 5 heteroatoms. The number of halogens is 1. The molecule has 1 aromatic carbocycles. The topological polar surface area (TPSA) is 89.3 Å². The summed E-state index contributed by atoms with van der Waals surface area (Å²) in [5.74, 6) is -1.65. The molecular weight excluding hydrogens is 187 g/mol. The zero-order chi connectivity index (χ0) is 10.7. The Balaban J connectivity index is 3.14. The van der Waals surface area contributed by atoms with Crippen LogP contribution in [0, 0.1) is 5.82 Å². The van der Waals surface area contributed by atoms with Crippen LogP contribution in [-0.2, 0) is 0 Å². The Morgan fingerprint density at radius 3 is 2.71 bits per heavy atom. The van der Waals surface area contributed by atoms with Crippen LogP contribution in [-0.4, -0.2) is 17.6 Å². The molecule has 5 N–H and O–H groups in total. The molecule has 1 atom stereocenters. The zero-order valence-electron chi connectivity index (χ0n) is 7.40. The molecule has 0 spiro atoms. The molecule has 14 heavy (non-hydrogen) atoms. The third kappa shape index (κ3) is 2.07. The van der Waals surface area contributed by atoms with Crippen LogP contribution in [0.5, 0.6) is 0 Å². The van der Waals surface area contributed by atoms with E-state index in [9.17, 15) is 9.18 Å². The monoisotopic (exact) mass is 198 g/mol. The van der Waals surface area contributed by atoms with Gasteiger partial charge in [-0.15, -0.1) is 0 Å². The first-order valence-corrected chi connectivity index (χ1v) is 4.04. The summed E-state index contributed by atoms with van der Waals surface area (Å²) >= 11 is 0. The predicted molar refractivity (Wildman–Crippen MR) is 49.3 cm³/mol. The molecule has 0 bridgehead atoms. The molecule has 0 radical (unpaired) electrons. The fourth-order valence-corrected chi connectivity index (χ4v) is 1.09. The van der Waals surface area contributed by atoms with E-state index >= 15 is 0 Å². The lowest BCUT2D eigenvalue weighted by Gasteiger charge is -2.10. The lowest BCUT2D eigenvalue weighted by molar-refractivity contribution is 0.0696. The Bertz CT molecular complexity index is 355. The molecule has 0 amide bonds. The summed E-state index contributed by atoms with van der Waals surface area (Å²) in [6.07, 6.45) is 0. The fourth-order valence-electron chi connectivity index (χ4n) is 1.09. The van der Waals surface area contributed by atoms with Crippen molar-refractivity contribution < 1.29 is 14.3 Å². The highest BCUT2D eigenvalue weighted by molar-refractivity contribution is 5.87. The van der Waals surface area contributed by atoms with Crippen molar-refractivity contribution in [2.75, 3.05) is 6.54 Å². The zero-order valence-corrected chi connectivity index (χ0v) is 7.40. The largest absolute Gasteiger partial charge is 0.478 e. The van der Waals surface area contributed by atoms with Crippen molar-refractivity contribution in [3.63, 3.8) is 0 Å². The van der Waals surface area contributed by atoms with E-state index in [-0.39, 0.29) is 17.7 Å². The van der Waals surface area contributed by atoms with Crippen molar-refractivity contribution in [1.82, 2.24) is 0 Å². The van der Waals surface area contributed by atoms with Crippen LogP contribution in [0.4, 0.5) is 4.39 Å². The molecule has 0 aromatic heterocycles. The maximum Gasteiger partial charge on any atom is 0.335 e. The van der Waals surface area contributed by atoms with Gasteiger partial charge in [-0.05, 0) is 18.2 Å². The summed E-state index contributed by atoms with van der Waals surface area (Å²) < 4.78 is 13.1. The van der Waals surface area contributed by atoms with Crippen LogP contribution in [0.25, 0.3) is 0 Å². The summed E-state index contributed by atoms with van der Waals surface area (Å²) in [7, 11) is 0. The summed E-state index contributed by atoms with van der Waals surface area (Å²) in [6.45, 7) is 0.0694. The van der Waals surface area contributed by atoms with Crippen LogP contribution in [0.2, 0.25) is 0 Å². The smallest absolute Gasteiger partial charge is 0.335 e. The normalized spacial score (nSPS) is 12.5. The summed E-state index contributed by atoms with van der Waals surface area (Å²) in [4.78, 5) is 10.6. The number of aromatic carboxylic acids is 1. The number of carboxylic acid groups (broad SMARTS) is 1. The van der Waals surface area contributed by atoms with Crippen LogP contribution in [0.1, 0.15) is 22.0 Å². The third-order valence-electron chi connectivity index (χ3n) is 1.90. The van der Waals surface area contributed by atoms with Crippen molar-refractivity contribution in [1.29, 1.82) is 0 Å². The predicted octanol–water partition coefficient (Wildman–Crippen LogP) is 0.482. The first-order chi connectivity index (χ1) is 6.56. The van der Waals surface area contributed by atoms with E-state index in [0.29, 0.717) is 0 Å². The number of nitrogens with two attached hydrogens (primary N) is 2. The van der Waals surface area contributed by atoms with E-state index in [4.69, 9.17) is 16.6 Å². The van der Waals surface area contributed by atoms with Crippen LogP contribution >= 0.6 is 0 Å². The standard InChI is InChI=1S/C9H11FN2O2/c10-7-2-1-5(9(13)14)3-6(7)8(12)4-11/h1-3,8H,4,11-12H2,(H,13,14)/t8-/m1/s1. The Labute approximate surface area is 80.3 Å². The highest BCUT2D eigenvalue weighted by Gasteiger charge is 2.12. The SMILES string of the molecule is NC[C@@H](N)c1cc(C(=O)O)ccc1F. The lowest BCUT2D eigenvalue weighted by Crippen LogP contribution is -2.22. The van der Waals surface area contributed by atoms with E-state index in [1.807, 2.05) is 0 Å². The minimum atomic E-state index is -1.12. The quantitative estimate of drug-likeness (QED) is 0.659. The lowest BCUT2D eigenvalue weighted by atomic mass is 10.0. The van der Waals surface area contributed by atoms with Gasteiger partial charge in [0.1, 0.15) is 5.82 Å². The van der Waals surface area contributed by atoms with Gasteiger partial charge < -0.3 is 16.6 Å². The van der Waals surface area contributed by atoms with Gasteiger partial charge in [0.05, 0.1) is 5.56 Å². The van der Waals surface area contributed by atoms with Crippen molar-refractivity contribution in [2.24, 2.45) is 11.5 Å². The molecule has 0 heterocycles. The van der Waals surface area contributed by atoms with Gasteiger partial charge >= 0.3 is 5.97 Å². The van der Waals surface area contributed by atoms with E-state index in [0.717, 1.165) is 6.07 Å². The number of benzene rings is 1. The first kappa shape index (κ1) is 10.6. The van der Waals surface area contributed by atoms with Crippen molar-refractivity contribution in [3.8, 4) is 0 Å². The third-order valence-corrected chi connectivity index (χ3v) is 1.90. The van der Waals surface area contributed by atoms with Crippen molar-refractivity contribution in [3.05, 3.63) is 35.1 Å². The van der Waals surface area contributed by atoms with Crippen molar-refractivity contribution in [2.45, 2.75) is 6.04 Å². The molecule has 0 saturated carbocycles. The number of carbonyl (C=O) groups is 1. The van der Waals surface area contributed by atoms with Gasteiger partial charge in [-0.25, -0.2) is 9.18 Å². The number of rotatable bonds is 3. The van der Waals surface area contributed by atoms with Crippen LogP contribution < -0.4 is 11.5 Å². The molecular formula is C9H11FN2O2. The summed E-state index contributed by atoms with van der Waals surface area (Å²) in [5.41, 5.74) is 10.9. The average molecular weight is 198 g/mol. The van der Waals surface area contributed by atoms with E-state index in [1.54, 1.807) is 0 Å². The fraction of sp³-hybridized carbons (Fsp3) is 0.222. The first-order valence-electron chi connectivity index (χ1n) is 4.04. The van der Waals surface area contributed by atoms with Crippen LogP contribution in [0.3, 0.4) is 0 Å². The van der Waals surface area contributed by atoms with E-state index < -0.39 is 17.8 Å². The summed E-state index contributed by atoms with van der Waals surface area (Å²) in [5, 5.41) is 8.66. The molecule has 1 rings (SSSR count). The highest BCUT2D eigenvalue weighted by atomic mass is 19.1. The van der Waals surface area contributed by atoms with Gasteiger partial charge in [-0.1, -0.05) is 0 Å².